The van der Waals surface area contributed by atoms with Crippen LogP contribution in [0.4, 0.5) is 0 Å². The Hall–Kier alpha value is -1.48. The van der Waals surface area contributed by atoms with E-state index in [0.29, 0.717) is 18.2 Å². The van der Waals surface area contributed by atoms with Crippen LogP contribution in [0.3, 0.4) is 0 Å². The van der Waals surface area contributed by atoms with Crippen LogP contribution in [0.15, 0.2) is 36.9 Å². The number of carbonyl (C=O) groups is 1. The molecule has 22 heavy (non-hydrogen) atoms. The van der Waals surface area contributed by atoms with Gasteiger partial charge in [-0.15, -0.1) is 0 Å². The molecule has 3 N–H and O–H groups in total. The van der Waals surface area contributed by atoms with Crippen molar-refractivity contribution in [2.75, 3.05) is 6.54 Å². The summed E-state index contributed by atoms with van der Waals surface area (Å²) in [6.45, 7) is 2.67. The molecule has 0 radical (unpaired) electrons. The molecule has 1 aliphatic heterocycles. The fourth-order valence-electron chi connectivity index (χ4n) is 2.48. The van der Waals surface area contributed by atoms with Crippen molar-refractivity contribution >= 4 is 5.97 Å². The van der Waals surface area contributed by atoms with Crippen LogP contribution in [0.1, 0.15) is 19.0 Å². The minimum absolute atomic E-state index is 0.217. The molecule has 0 bridgehead atoms. The van der Waals surface area contributed by atoms with Crippen molar-refractivity contribution in [2.24, 2.45) is 11.7 Å². The predicted molar refractivity (Wildman–Crippen MR) is 77.3 cm³/mol. The van der Waals surface area contributed by atoms with E-state index in [2.05, 4.69) is 16.9 Å². The number of carboxylic acid groups (broad SMARTS) is 1. The van der Waals surface area contributed by atoms with Crippen LogP contribution < -0.4 is 26.9 Å². The van der Waals surface area contributed by atoms with Crippen LogP contribution in [0.25, 0.3) is 5.82 Å². The van der Waals surface area contributed by atoms with Crippen molar-refractivity contribution in [1.29, 1.82) is 0 Å². The van der Waals surface area contributed by atoms with Gasteiger partial charge in [-0.1, -0.05) is 0 Å². The third-order valence-electron chi connectivity index (χ3n) is 3.88. The molecule has 6 nitrogen and oxygen atoms in total. The summed E-state index contributed by atoms with van der Waals surface area (Å²) in [5, 5.41) is 9.72. The molecule has 3 rings (SSSR count). The van der Waals surface area contributed by atoms with E-state index in [1.165, 1.54) is 0 Å². The van der Waals surface area contributed by atoms with Gasteiger partial charge in [-0.3, -0.25) is 0 Å². The third kappa shape index (κ3) is 2.63. The SMILES string of the molecule is C[C@H](CN)C[C@H]1[I-][C@]1(C(=O)O)c1cn(-c2ccccn2)cn1. The summed E-state index contributed by atoms with van der Waals surface area (Å²) >= 11 is -0.445. The van der Waals surface area contributed by atoms with Gasteiger partial charge in [0.2, 0.25) is 0 Å². The fraction of sp³-hybridized carbons (Fsp3) is 0.400. The Balaban J connectivity index is 1.86. The summed E-state index contributed by atoms with van der Waals surface area (Å²) in [5.74, 6) is 0.345. The zero-order valence-electron chi connectivity index (χ0n) is 12.2. The second-order valence-corrected chi connectivity index (χ2v) is 9.35. The molecule has 0 aromatic carbocycles. The van der Waals surface area contributed by atoms with Gasteiger partial charge in [0.1, 0.15) is 0 Å². The molecule has 7 heteroatoms. The second-order valence-electron chi connectivity index (χ2n) is 5.52. The van der Waals surface area contributed by atoms with Gasteiger partial charge in [-0.2, -0.15) is 0 Å². The van der Waals surface area contributed by atoms with Gasteiger partial charge in [0.25, 0.3) is 0 Å². The van der Waals surface area contributed by atoms with Crippen molar-refractivity contribution in [3.05, 3.63) is 42.6 Å². The summed E-state index contributed by atoms with van der Waals surface area (Å²) in [6, 6.07) is 5.61. The summed E-state index contributed by atoms with van der Waals surface area (Å²) < 4.78 is 1.25. The van der Waals surface area contributed by atoms with Crippen LogP contribution in [0, 0.1) is 5.92 Å². The Morgan fingerprint density at radius 2 is 2.36 bits per heavy atom. The quantitative estimate of drug-likeness (QED) is 0.422. The molecule has 118 valence electrons. The molecule has 0 spiro atoms. The maximum absolute atomic E-state index is 11.8. The first-order valence-electron chi connectivity index (χ1n) is 7.11. The van der Waals surface area contributed by atoms with Crippen LogP contribution in [-0.2, 0) is 8.22 Å². The van der Waals surface area contributed by atoms with Crippen LogP contribution in [-0.4, -0.2) is 36.1 Å². The summed E-state index contributed by atoms with van der Waals surface area (Å²) in [6.07, 6.45) is 6.03. The first-order chi connectivity index (χ1) is 10.6. The van der Waals surface area contributed by atoms with E-state index in [9.17, 15) is 9.90 Å². The maximum atomic E-state index is 11.8. The zero-order valence-corrected chi connectivity index (χ0v) is 14.3. The van der Waals surface area contributed by atoms with Gasteiger partial charge in [-0.05, 0) is 0 Å². The molecule has 1 fully saturated rings. The Morgan fingerprint density at radius 1 is 1.55 bits per heavy atom. The van der Waals surface area contributed by atoms with E-state index in [1.54, 1.807) is 17.1 Å². The molecule has 0 saturated carbocycles. The summed E-state index contributed by atoms with van der Waals surface area (Å²) in [4.78, 5) is 20.5. The number of nitrogens with zero attached hydrogens (tertiary/aromatic N) is 3. The van der Waals surface area contributed by atoms with E-state index in [-0.39, 0.29) is 3.92 Å². The van der Waals surface area contributed by atoms with Crippen molar-refractivity contribution in [3.8, 4) is 5.82 Å². The zero-order chi connectivity index (χ0) is 15.7. The standard InChI is InChI=1S/C15H18IN4O2/c1-10(7-17)6-11-15(16-11,14(21)22)12-8-20(9-19-12)13-4-2-3-5-18-13/h2-5,8-11H,6-7,17H2,1H3,(H,21,22)/q-1/t10-,11+,15-/m0/s1. The topological polar surface area (TPSA) is 94.0 Å². The van der Waals surface area contributed by atoms with E-state index in [1.807, 2.05) is 24.4 Å². The number of alkyl halides is 2. The molecule has 2 aromatic heterocycles. The van der Waals surface area contributed by atoms with Gasteiger partial charge >= 0.3 is 139 Å². The van der Waals surface area contributed by atoms with Crippen LogP contribution >= 0.6 is 0 Å². The van der Waals surface area contributed by atoms with Gasteiger partial charge in [0, 0.05) is 0 Å². The number of aliphatic carboxylic acids is 1. The average molecular weight is 413 g/mol. The number of nitrogens with two attached hydrogens (primary N) is 1. The van der Waals surface area contributed by atoms with Crippen LogP contribution in [0.5, 0.6) is 0 Å². The first-order valence-corrected chi connectivity index (χ1v) is 9.44. The van der Waals surface area contributed by atoms with E-state index < -0.39 is 30.6 Å². The number of aromatic nitrogens is 3. The first kappa shape index (κ1) is 15.4. The van der Waals surface area contributed by atoms with Gasteiger partial charge in [0.15, 0.2) is 0 Å². The molecule has 0 aliphatic carbocycles. The van der Waals surface area contributed by atoms with Gasteiger partial charge in [-0.25, -0.2) is 0 Å². The van der Waals surface area contributed by atoms with E-state index >= 15 is 0 Å². The molecule has 1 aliphatic rings. The Morgan fingerprint density at radius 3 is 3.00 bits per heavy atom. The Labute approximate surface area is 139 Å². The summed E-state index contributed by atoms with van der Waals surface area (Å²) in [7, 11) is 0. The van der Waals surface area contributed by atoms with Crippen molar-refractivity contribution in [3.63, 3.8) is 0 Å². The van der Waals surface area contributed by atoms with Gasteiger partial charge in [0.05, 0.1) is 0 Å². The number of carboxylic acids is 1. The van der Waals surface area contributed by atoms with E-state index in [4.69, 9.17) is 5.73 Å². The molecule has 0 unspecified atom stereocenters. The number of imidazole rings is 1. The van der Waals surface area contributed by atoms with Gasteiger partial charge < -0.3 is 0 Å². The van der Waals surface area contributed by atoms with Crippen LogP contribution in [0.2, 0.25) is 0 Å². The van der Waals surface area contributed by atoms with Crippen molar-refractivity contribution in [2.45, 2.75) is 20.7 Å². The number of hydrogen-bond acceptors (Lipinski definition) is 4. The van der Waals surface area contributed by atoms with Crippen molar-refractivity contribution in [1.82, 2.24) is 14.5 Å². The number of rotatable bonds is 6. The van der Waals surface area contributed by atoms with E-state index in [0.717, 1.165) is 12.2 Å². The Kier molecular flexibility index (Phi) is 4.18. The molecule has 1 saturated heterocycles. The molecular weight excluding hydrogens is 395 g/mol. The molecular formula is C15H18IN4O2-. The average Bonchev–Trinajstić information content (AvgIpc) is 3.04. The Bertz CT molecular complexity index is 675. The number of pyridine rings is 1. The monoisotopic (exact) mass is 413 g/mol. The molecule has 3 atom stereocenters. The molecule has 0 amide bonds. The number of halogens is 1. The summed E-state index contributed by atoms with van der Waals surface area (Å²) in [5.41, 5.74) is 6.33. The minimum atomic E-state index is -0.749. The predicted octanol–water partition coefficient (Wildman–Crippen LogP) is -2.00. The third-order valence-corrected chi connectivity index (χ3v) is 8.15. The van der Waals surface area contributed by atoms with Crippen molar-refractivity contribution < 1.29 is 31.1 Å². The molecule has 3 heterocycles. The second kappa shape index (κ2) is 5.96. The normalized spacial score (nSPS) is 25.3. The fourth-order valence-corrected chi connectivity index (χ4v) is 6.31. The number of hydrogen-bond donors (Lipinski definition) is 2. The molecule has 2 aromatic rings.